The lowest BCUT2D eigenvalue weighted by Crippen LogP contribution is -2.32. The van der Waals surface area contributed by atoms with Crippen LogP contribution in [0.4, 0.5) is 8.78 Å². The summed E-state index contributed by atoms with van der Waals surface area (Å²) in [5.74, 6) is -2.40. The Morgan fingerprint density at radius 2 is 1.61 bits per heavy atom. The van der Waals surface area contributed by atoms with E-state index in [0.29, 0.717) is 13.1 Å². The minimum absolute atomic E-state index is 0.0388. The highest BCUT2D eigenvalue weighted by atomic mass is 35.5. The molecule has 0 atom stereocenters. The summed E-state index contributed by atoms with van der Waals surface area (Å²) >= 11 is 5.80. The van der Waals surface area contributed by atoms with Crippen molar-refractivity contribution in [1.82, 2.24) is 4.90 Å². The second kappa shape index (κ2) is 5.65. The van der Waals surface area contributed by atoms with E-state index in [-0.39, 0.29) is 16.5 Å². The molecule has 1 aliphatic rings. The van der Waals surface area contributed by atoms with Crippen LogP contribution in [-0.4, -0.2) is 23.9 Å². The van der Waals surface area contributed by atoms with E-state index in [1.807, 2.05) is 0 Å². The van der Waals surface area contributed by atoms with Crippen molar-refractivity contribution in [3.05, 3.63) is 34.4 Å². The van der Waals surface area contributed by atoms with E-state index in [1.165, 1.54) is 0 Å². The molecule has 18 heavy (non-hydrogen) atoms. The Bertz CT molecular complexity index is 457. The van der Waals surface area contributed by atoms with Crippen molar-refractivity contribution < 1.29 is 13.6 Å². The molecule has 0 spiro atoms. The van der Waals surface area contributed by atoms with E-state index < -0.39 is 11.6 Å². The lowest BCUT2D eigenvalue weighted by atomic mass is 10.1. The summed E-state index contributed by atoms with van der Waals surface area (Å²) in [4.78, 5) is 13.8. The smallest absolute Gasteiger partial charge is 0.255 e. The SMILES string of the molecule is O=C(c1cc(F)c(F)cc1Cl)N1CCCCCC1. The first-order valence-corrected chi connectivity index (χ1v) is 6.41. The number of carbonyl (C=O) groups is 1. The molecule has 0 saturated carbocycles. The van der Waals surface area contributed by atoms with Gasteiger partial charge in [0.1, 0.15) is 0 Å². The number of carbonyl (C=O) groups excluding carboxylic acids is 1. The maximum Gasteiger partial charge on any atom is 0.255 e. The first kappa shape index (κ1) is 13.3. The van der Waals surface area contributed by atoms with E-state index in [0.717, 1.165) is 37.8 Å². The number of amides is 1. The van der Waals surface area contributed by atoms with Gasteiger partial charge in [0.2, 0.25) is 0 Å². The summed E-state index contributed by atoms with van der Waals surface area (Å²) < 4.78 is 26.1. The normalized spacial score (nSPS) is 16.5. The third-order valence-electron chi connectivity index (χ3n) is 3.13. The average Bonchev–Trinajstić information content (AvgIpc) is 2.61. The van der Waals surface area contributed by atoms with Gasteiger partial charge in [0.15, 0.2) is 11.6 Å². The van der Waals surface area contributed by atoms with Crippen LogP contribution in [0.25, 0.3) is 0 Å². The topological polar surface area (TPSA) is 20.3 Å². The Morgan fingerprint density at radius 3 is 2.22 bits per heavy atom. The lowest BCUT2D eigenvalue weighted by molar-refractivity contribution is 0.0761. The minimum Gasteiger partial charge on any atom is -0.339 e. The monoisotopic (exact) mass is 273 g/mol. The van der Waals surface area contributed by atoms with Crippen LogP contribution in [-0.2, 0) is 0 Å². The summed E-state index contributed by atoms with van der Waals surface area (Å²) in [5.41, 5.74) is 0.0393. The van der Waals surface area contributed by atoms with Crippen LogP contribution < -0.4 is 0 Å². The van der Waals surface area contributed by atoms with Crippen LogP contribution in [0.5, 0.6) is 0 Å². The molecule has 0 unspecified atom stereocenters. The molecule has 1 fully saturated rings. The fourth-order valence-corrected chi connectivity index (χ4v) is 2.36. The fraction of sp³-hybridized carbons (Fsp3) is 0.462. The number of hydrogen-bond donors (Lipinski definition) is 0. The largest absolute Gasteiger partial charge is 0.339 e. The maximum absolute atomic E-state index is 13.2. The highest BCUT2D eigenvalue weighted by molar-refractivity contribution is 6.33. The molecule has 0 radical (unpaired) electrons. The molecule has 1 aromatic carbocycles. The highest BCUT2D eigenvalue weighted by Gasteiger charge is 2.21. The third-order valence-corrected chi connectivity index (χ3v) is 3.45. The standard InChI is InChI=1S/C13H14ClF2NO/c14-10-8-12(16)11(15)7-9(10)13(18)17-5-3-1-2-4-6-17/h7-8H,1-6H2. The van der Waals surface area contributed by atoms with Gasteiger partial charge in [-0.1, -0.05) is 24.4 Å². The van der Waals surface area contributed by atoms with Gasteiger partial charge in [-0.05, 0) is 25.0 Å². The summed E-state index contributed by atoms with van der Waals surface area (Å²) in [6.07, 6.45) is 4.06. The Balaban J connectivity index is 2.24. The molecule has 1 aliphatic heterocycles. The van der Waals surface area contributed by atoms with Crippen molar-refractivity contribution in [2.24, 2.45) is 0 Å². The van der Waals surface area contributed by atoms with Crippen molar-refractivity contribution in [3.8, 4) is 0 Å². The van der Waals surface area contributed by atoms with Gasteiger partial charge in [-0.3, -0.25) is 4.79 Å². The van der Waals surface area contributed by atoms with Gasteiger partial charge in [-0.2, -0.15) is 0 Å². The zero-order valence-corrected chi connectivity index (χ0v) is 10.6. The minimum atomic E-state index is -1.04. The van der Waals surface area contributed by atoms with Crippen molar-refractivity contribution >= 4 is 17.5 Å². The van der Waals surface area contributed by atoms with Gasteiger partial charge in [0, 0.05) is 13.1 Å². The van der Waals surface area contributed by atoms with E-state index >= 15 is 0 Å². The number of likely N-dealkylation sites (tertiary alicyclic amines) is 1. The average molecular weight is 274 g/mol. The highest BCUT2D eigenvalue weighted by Crippen LogP contribution is 2.22. The van der Waals surface area contributed by atoms with Crippen LogP contribution in [0.1, 0.15) is 36.0 Å². The fourth-order valence-electron chi connectivity index (χ4n) is 2.13. The maximum atomic E-state index is 13.2. The van der Waals surface area contributed by atoms with Crippen molar-refractivity contribution in [2.45, 2.75) is 25.7 Å². The Morgan fingerprint density at radius 1 is 1.06 bits per heavy atom. The second-order valence-electron chi connectivity index (χ2n) is 4.45. The number of nitrogens with zero attached hydrogens (tertiary/aromatic N) is 1. The van der Waals surface area contributed by atoms with Crippen molar-refractivity contribution in [3.63, 3.8) is 0 Å². The van der Waals surface area contributed by atoms with Crippen LogP contribution in [0.15, 0.2) is 12.1 Å². The van der Waals surface area contributed by atoms with Crippen molar-refractivity contribution in [2.75, 3.05) is 13.1 Å². The van der Waals surface area contributed by atoms with Crippen LogP contribution in [0, 0.1) is 11.6 Å². The quantitative estimate of drug-likeness (QED) is 0.716. The van der Waals surface area contributed by atoms with Gasteiger partial charge in [0.25, 0.3) is 5.91 Å². The molecular weight excluding hydrogens is 260 g/mol. The predicted octanol–water partition coefficient (Wildman–Crippen LogP) is 3.63. The first-order valence-electron chi connectivity index (χ1n) is 6.03. The van der Waals surface area contributed by atoms with Gasteiger partial charge < -0.3 is 4.90 Å². The molecule has 5 heteroatoms. The first-order chi connectivity index (χ1) is 8.59. The second-order valence-corrected chi connectivity index (χ2v) is 4.86. The summed E-state index contributed by atoms with van der Waals surface area (Å²) in [5, 5.41) is -0.0388. The Kier molecular flexibility index (Phi) is 4.17. The van der Waals surface area contributed by atoms with E-state index in [2.05, 4.69) is 0 Å². The van der Waals surface area contributed by atoms with E-state index in [9.17, 15) is 13.6 Å². The zero-order chi connectivity index (χ0) is 13.1. The molecule has 1 aromatic rings. The molecule has 0 aromatic heterocycles. The molecular formula is C13H14ClF2NO. The Hall–Kier alpha value is -1.16. The molecule has 1 heterocycles. The van der Waals surface area contributed by atoms with Crippen LogP contribution >= 0.6 is 11.6 Å². The van der Waals surface area contributed by atoms with Gasteiger partial charge in [-0.25, -0.2) is 8.78 Å². The van der Waals surface area contributed by atoms with Gasteiger partial charge in [0.05, 0.1) is 10.6 Å². The molecule has 1 saturated heterocycles. The number of halogens is 3. The number of rotatable bonds is 1. The molecule has 0 aliphatic carbocycles. The molecule has 2 rings (SSSR count). The molecule has 98 valence electrons. The predicted molar refractivity (Wildman–Crippen MR) is 65.7 cm³/mol. The number of hydrogen-bond acceptors (Lipinski definition) is 1. The third kappa shape index (κ3) is 2.80. The number of benzene rings is 1. The lowest BCUT2D eigenvalue weighted by Gasteiger charge is -2.20. The summed E-state index contributed by atoms with van der Waals surface area (Å²) in [6, 6.07) is 1.73. The van der Waals surface area contributed by atoms with E-state index in [1.54, 1.807) is 4.90 Å². The molecule has 0 N–H and O–H groups in total. The van der Waals surface area contributed by atoms with Crippen molar-refractivity contribution in [1.29, 1.82) is 0 Å². The van der Waals surface area contributed by atoms with Gasteiger partial charge >= 0.3 is 0 Å². The van der Waals surface area contributed by atoms with E-state index in [4.69, 9.17) is 11.6 Å². The van der Waals surface area contributed by atoms with Crippen LogP contribution in [0.2, 0.25) is 5.02 Å². The molecule has 1 amide bonds. The summed E-state index contributed by atoms with van der Waals surface area (Å²) in [7, 11) is 0. The van der Waals surface area contributed by atoms with Crippen LogP contribution in [0.3, 0.4) is 0 Å². The molecule has 0 bridgehead atoms. The van der Waals surface area contributed by atoms with Gasteiger partial charge in [-0.15, -0.1) is 0 Å². The zero-order valence-electron chi connectivity index (χ0n) is 9.89. The molecule has 2 nitrogen and oxygen atoms in total. The Labute approximate surface area is 110 Å². The summed E-state index contributed by atoms with van der Waals surface area (Å²) in [6.45, 7) is 1.29.